The van der Waals surface area contributed by atoms with E-state index in [0.717, 1.165) is 11.3 Å². The first kappa shape index (κ1) is 28.4. The SMILES string of the molecule is CC(NC(=O)c1cc(C(F)(F)F)cc(C(F)(F)F)c1)c1nccnc1-c1ncc(C(=O)N2CCCOCC2)s1. The number of nitrogens with zero attached hydrogens (tertiary/aromatic N) is 4. The molecule has 0 saturated carbocycles. The predicted octanol–water partition coefficient (Wildman–Crippen LogP) is 4.99. The number of alkyl halides is 6. The highest BCUT2D eigenvalue weighted by molar-refractivity contribution is 7.16. The second-order valence-electron chi connectivity index (χ2n) is 8.57. The molecule has 2 aromatic heterocycles. The first-order chi connectivity index (χ1) is 18.3. The van der Waals surface area contributed by atoms with Crippen molar-refractivity contribution in [3.8, 4) is 10.7 Å². The van der Waals surface area contributed by atoms with Crippen LogP contribution in [0.5, 0.6) is 0 Å². The maximum absolute atomic E-state index is 13.2. The number of thiazole rings is 1. The number of carbonyl (C=O) groups excluding carboxylic acids is 2. The van der Waals surface area contributed by atoms with Gasteiger partial charge in [-0.25, -0.2) is 4.98 Å². The molecule has 1 aliphatic heterocycles. The van der Waals surface area contributed by atoms with Crippen LogP contribution in [0.4, 0.5) is 26.3 Å². The summed E-state index contributed by atoms with van der Waals surface area (Å²) in [6.45, 7) is 3.37. The fourth-order valence-corrected chi connectivity index (χ4v) is 4.74. The van der Waals surface area contributed by atoms with Gasteiger partial charge in [0.25, 0.3) is 11.8 Å². The number of halogens is 6. The summed E-state index contributed by atoms with van der Waals surface area (Å²) in [5.74, 6) is -1.41. The third-order valence-corrected chi connectivity index (χ3v) is 6.75. The van der Waals surface area contributed by atoms with Crippen LogP contribution in [0.25, 0.3) is 10.7 Å². The Morgan fingerprint density at radius 2 is 1.64 bits per heavy atom. The predicted molar refractivity (Wildman–Crippen MR) is 127 cm³/mol. The Balaban J connectivity index is 1.58. The van der Waals surface area contributed by atoms with Crippen LogP contribution >= 0.6 is 11.3 Å². The Morgan fingerprint density at radius 1 is 0.974 bits per heavy atom. The van der Waals surface area contributed by atoms with Gasteiger partial charge in [-0.3, -0.25) is 19.6 Å². The van der Waals surface area contributed by atoms with E-state index in [4.69, 9.17) is 4.74 Å². The quantitative estimate of drug-likeness (QED) is 0.432. The van der Waals surface area contributed by atoms with E-state index in [1.807, 2.05) is 0 Å². The summed E-state index contributed by atoms with van der Waals surface area (Å²) >= 11 is 1.04. The highest BCUT2D eigenvalue weighted by atomic mass is 32.1. The molecule has 2 amide bonds. The van der Waals surface area contributed by atoms with Gasteiger partial charge in [0.15, 0.2) is 0 Å². The molecular weight excluding hydrogens is 552 g/mol. The van der Waals surface area contributed by atoms with Crippen molar-refractivity contribution >= 4 is 23.2 Å². The minimum absolute atomic E-state index is 0.0546. The van der Waals surface area contributed by atoms with E-state index in [-0.39, 0.29) is 23.4 Å². The van der Waals surface area contributed by atoms with Gasteiger partial charge in [0.2, 0.25) is 0 Å². The van der Waals surface area contributed by atoms with E-state index < -0.39 is 41.0 Å². The van der Waals surface area contributed by atoms with Gasteiger partial charge in [0.1, 0.15) is 15.6 Å². The fraction of sp³-hybridized carbons (Fsp3) is 0.375. The molecule has 1 aromatic carbocycles. The molecule has 0 bridgehead atoms. The normalized spacial score (nSPS) is 15.5. The first-order valence-corrected chi connectivity index (χ1v) is 12.4. The maximum Gasteiger partial charge on any atom is 0.416 e. The number of rotatable bonds is 5. The van der Waals surface area contributed by atoms with Gasteiger partial charge in [0.05, 0.1) is 35.7 Å². The molecule has 1 atom stereocenters. The molecule has 1 fully saturated rings. The molecule has 8 nitrogen and oxygen atoms in total. The second-order valence-corrected chi connectivity index (χ2v) is 9.60. The molecule has 1 N–H and O–H groups in total. The average Bonchev–Trinajstić information content (AvgIpc) is 3.22. The average molecular weight is 574 g/mol. The molecule has 1 unspecified atom stereocenters. The lowest BCUT2D eigenvalue weighted by molar-refractivity contribution is -0.143. The molecule has 3 heterocycles. The molecule has 1 aliphatic rings. The number of amides is 2. The van der Waals surface area contributed by atoms with Crippen LogP contribution in [0.2, 0.25) is 0 Å². The van der Waals surface area contributed by atoms with Gasteiger partial charge in [0, 0.05) is 37.7 Å². The number of aromatic nitrogens is 3. The first-order valence-electron chi connectivity index (χ1n) is 11.6. The van der Waals surface area contributed by atoms with Crippen molar-refractivity contribution in [1.29, 1.82) is 0 Å². The molecule has 4 rings (SSSR count). The molecule has 3 aromatic rings. The van der Waals surface area contributed by atoms with Crippen molar-refractivity contribution in [2.75, 3.05) is 26.3 Å². The molecule has 0 spiro atoms. The van der Waals surface area contributed by atoms with Gasteiger partial charge in [-0.1, -0.05) is 0 Å². The third-order valence-electron chi connectivity index (χ3n) is 5.76. The number of hydrogen-bond donors (Lipinski definition) is 1. The van der Waals surface area contributed by atoms with Crippen molar-refractivity contribution in [2.45, 2.75) is 31.7 Å². The summed E-state index contributed by atoms with van der Waals surface area (Å²) in [4.78, 5) is 40.3. The van der Waals surface area contributed by atoms with Crippen LogP contribution in [0, 0.1) is 0 Å². The number of hydrogen-bond acceptors (Lipinski definition) is 7. The number of carbonyl (C=O) groups is 2. The monoisotopic (exact) mass is 573 g/mol. The highest BCUT2D eigenvalue weighted by Crippen LogP contribution is 2.36. The summed E-state index contributed by atoms with van der Waals surface area (Å²) in [7, 11) is 0. The van der Waals surface area contributed by atoms with Crippen LogP contribution in [0.3, 0.4) is 0 Å². The summed E-state index contributed by atoms with van der Waals surface area (Å²) in [5, 5.41) is 2.68. The third kappa shape index (κ3) is 6.71. The summed E-state index contributed by atoms with van der Waals surface area (Å²) < 4.78 is 84.6. The topological polar surface area (TPSA) is 97.3 Å². The zero-order chi connectivity index (χ0) is 28.4. The standard InChI is InChI=1S/C24H21F6N5O3S/c1-13(34-20(36)14-9-15(23(25,26)27)11-16(10-14)24(28,29)30)18-19(32-4-3-31-18)21-33-12-17(39-21)22(37)35-5-2-7-38-8-6-35/h3-4,9-13H,2,5-8H2,1H3,(H,34,36). The van der Waals surface area contributed by atoms with Crippen LogP contribution in [0.15, 0.2) is 36.8 Å². The summed E-state index contributed by atoms with van der Waals surface area (Å²) in [5.41, 5.74) is -3.67. The molecule has 208 valence electrons. The van der Waals surface area contributed by atoms with Crippen molar-refractivity contribution in [1.82, 2.24) is 25.2 Å². The number of nitrogens with one attached hydrogen (secondary N) is 1. The van der Waals surface area contributed by atoms with Gasteiger partial charge in [-0.15, -0.1) is 11.3 Å². The van der Waals surface area contributed by atoms with Crippen LogP contribution in [0.1, 0.15) is 56.2 Å². The molecule has 0 radical (unpaired) electrons. The zero-order valence-electron chi connectivity index (χ0n) is 20.3. The number of benzene rings is 1. The van der Waals surface area contributed by atoms with Gasteiger partial charge >= 0.3 is 12.4 Å². The van der Waals surface area contributed by atoms with E-state index in [1.165, 1.54) is 25.5 Å². The van der Waals surface area contributed by atoms with Gasteiger partial charge in [-0.05, 0) is 31.5 Å². The Labute approximate surface area is 222 Å². The van der Waals surface area contributed by atoms with Gasteiger partial charge < -0.3 is 15.0 Å². The molecule has 1 saturated heterocycles. The van der Waals surface area contributed by atoms with Gasteiger partial charge in [-0.2, -0.15) is 26.3 Å². The Kier molecular flexibility index (Phi) is 8.20. The Bertz CT molecular complexity index is 1320. The molecule has 39 heavy (non-hydrogen) atoms. The lowest BCUT2D eigenvalue weighted by Crippen LogP contribution is -2.32. The maximum atomic E-state index is 13.2. The van der Waals surface area contributed by atoms with E-state index in [0.29, 0.717) is 54.7 Å². The van der Waals surface area contributed by atoms with Crippen LogP contribution < -0.4 is 5.32 Å². The van der Waals surface area contributed by atoms with Crippen molar-refractivity contribution in [2.24, 2.45) is 0 Å². The van der Waals surface area contributed by atoms with Crippen LogP contribution in [-0.2, 0) is 17.1 Å². The van der Waals surface area contributed by atoms with E-state index in [1.54, 1.807) is 4.90 Å². The lowest BCUT2D eigenvalue weighted by Gasteiger charge is -2.18. The lowest BCUT2D eigenvalue weighted by atomic mass is 10.0. The number of ether oxygens (including phenoxy) is 1. The summed E-state index contributed by atoms with van der Waals surface area (Å²) in [6.07, 6.45) is -5.45. The Morgan fingerprint density at radius 3 is 2.31 bits per heavy atom. The molecule has 15 heteroatoms. The van der Waals surface area contributed by atoms with Crippen molar-refractivity contribution in [3.05, 3.63) is 64.1 Å². The van der Waals surface area contributed by atoms with Crippen molar-refractivity contribution in [3.63, 3.8) is 0 Å². The largest absolute Gasteiger partial charge is 0.416 e. The minimum Gasteiger partial charge on any atom is -0.380 e. The second kappa shape index (κ2) is 11.3. The zero-order valence-corrected chi connectivity index (χ0v) is 21.1. The fourth-order valence-electron chi connectivity index (χ4n) is 3.85. The Hall–Kier alpha value is -3.59. The molecule has 0 aliphatic carbocycles. The van der Waals surface area contributed by atoms with E-state index in [9.17, 15) is 35.9 Å². The highest BCUT2D eigenvalue weighted by Gasteiger charge is 2.37. The smallest absolute Gasteiger partial charge is 0.380 e. The van der Waals surface area contributed by atoms with Crippen molar-refractivity contribution < 1.29 is 40.7 Å². The molecular formula is C24H21F6N5O3S. The van der Waals surface area contributed by atoms with E-state index in [2.05, 4.69) is 20.3 Å². The minimum atomic E-state index is -5.10. The van der Waals surface area contributed by atoms with Crippen LogP contribution in [-0.4, -0.2) is 58.0 Å². The summed E-state index contributed by atoms with van der Waals surface area (Å²) in [6, 6.07) is -0.347. The van der Waals surface area contributed by atoms with E-state index >= 15 is 0 Å².